The predicted octanol–water partition coefficient (Wildman–Crippen LogP) is 3.37. The number of anilines is 3. The van der Waals surface area contributed by atoms with E-state index >= 15 is 0 Å². The smallest absolute Gasteiger partial charge is 0.251 e. The molecule has 3 heterocycles. The van der Waals surface area contributed by atoms with E-state index in [0.29, 0.717) is 18.3 Å². The van der Waals surface area contributed by atoms with Crippen molar-refractivity contribution in [1.82, 2.24) is 9.55 Å². The van der Waals surface area contributed by atoms with Crippen molar-refractivity contribution in [2.45, 2.75) is 26.3 Å². The summed E-state index contributed by atoms with van der Waals surface area (Å²) in [6, 6.07) is 13.6. The van der Waals surface area contributed by atoms with Crippen LogP contribution in [-0.2, 0) is 6.54 Å². The molecule has 1 aliphatic heterocycles. The molecular weight excluding hydrogens is 352 g/mol. The first-order chi connectivity index (χ1) is 13.7. The van der Waals surface area contributed by atoms with Crippen LogP contribution in [0.2, 0.25) is 0 Å². The molecule has 6 nitrogen and oxygen atoms in total. The first kappa shape index (κ1) is 18.5. The minimum Gasteiger partial charge on any atom is -0.396 e. The third-order valence-corrected chi connectivity index (χ3v) is 5.47. The van der Waals surface area contributed by atoms with Crippen LogP contribution in [0.25, 0.3) is 10.9 Å². The van der Waals surface area contributed by atoms with Gasteiger partial charge in [0.25, 0.3) is 5.56 Å². The molecule has 0 bridgehead atoms. The minimum absolute atomic E-state index is 0.000724. The molecule has 0 radical (unpaired) electrons. The lowest BCUT2D eigenvalue weighted by atomic mass is 9.98. The second-order valence-corrected chi connectivity index (χ2v) is 7.35. The number of fused-ring (bicyclic) bond motifs is 1. The van der Waals surface area contributed by atoms with Crippen molar-refractivity contribution in [3.05, 3.63) is 59.0 Å². The Morgan fingerprint density at radius 3 is 2.79 bits per heavy atom. The SMILES string of the molecule is CCn1c(=O)ccc2cnc(Nc3ccc(N4CCCC(CO)C4)cc3)cc21. The molecule has 2 aromatic heterocycles. The summed E-state index contributed by atoms with van der Waals surface area (Å²) in [6.07, 6.45) is 4.01. The van der Waals surface area contributed by atoms with E-state index in [0.717, 1.165) is 42.5 Å². The van der Waals surface area contributed by atoms with E-state index in [4.69, 9.17) is 0 Å². The van der Waals surface area contributed by atoms with Crippen LogP contribution < -0.4 is 15.8 Å². The van der Waals surface area contributed by atoms with Crippen LogP contribution >= 0.6 is 0 Å². The molecule has 3 aromatic rings. The average molecular weight is 378 g/mol. The van der Waals surface area contributed by atoms with E-state index < -0.39 is 0 Å². The Hall–Kier alpha value is -2.86. The monoisotopic (exact) mass is 378 g/mol. The summed E-state index contributed by atoms with van der Waals surface area (Å²) in [6.45, 7) is 4.79. The molecule has 0 amide bonds. The van der Waals surface area contributed by atoms with Gasteiger partial charge in [-0.1, -0.05) is 0 Å². The number of nitrogens with zero attached hydrogens (tertiary/aromatic N) is 3. The Bertz CT molecular complexity index is 1010. The lowest BCUT2D eigenvalue weighted by Gasteiger charge is -2.33. The summed E-state index contributed by atoms with van der Waals surface area (Å²) in [4.78, 5) is 18.9. The first-order valence-corrected chi connectivity index (χ1v) is 9.90. The minimum atomic E-state index is -0.000724. The Labute approximate surface area is 164 Å². The Morgan fingerprint density at radius 1 is 1.21 bits per heavy atom. The number of aromatic nitrogens is 2. The van der Waals surface area contributed by atoms with Crippen molar-refractivity contribution in [3.8, 4) is 0 Å². The van der Waals surface area contributed by atoms with Crippen molar-refractivity contribution in [1.29, 1.82) is 0 Å². The maximum absolute atomic E-state index is 12.1. The third-order valence-electron chi connectivity index (χ3n) is 5.47. The van der Waals surface area contributed by atoms with Crippen LogP contribution in [0.15, 0.2) is 53.5 Å². The molecule has 28 heavy (non-hydrogen) atoms. The van der Waals surface area contributed by atoms with Gasteiger partial charge in [-0.3, -0.25) is 4.79 Å². The van der Waals surface area contributed by atoms with E-state index in [-0.39, 0.29) is 12.2 Å². The van der Waals surface area contributed by atoms with Gasteiger partial charge in [-0.05, 0) is 56.0 Å². The van der Waals surface area contributed by atoms with Crippen LogP contribution in [0.3, 0.4) is 0 Å². The van der Waals surface area contributed by atoms with Gasteiger partial charge in [0.05, 0.1) is 5.52 Å². The van der Waals surface area contributed by atoms with Gasteiger partial charge in [0, 0.05) is 61.3 Å². The molecule has 1 aliphatic rings. The highest BCUT2D eigenvalue weighted by Crippen LogP contribution is 2.26. The van der Waals surface area contributed by atoms with E-state index in [1.54, 1.807) is 16.8 Å². The zero-order chi connectivity index (χ0) is 19.5. The van der Waals surface area contributed by atoms with Gasteiger partial charge in [0.2, 0.25) is 0 Å². The van der Waals surface area contributed by atoms with Crippen LogP contribution in [0, 0.1) is 5.92 Å². The van der Waals surface area contributed by atoms with Gasteiger partial charge in [0.1, 0.15) is 5.82 Å². The largest absolute Gasteiger partial charge is 0.396 e. The van der Waals surface area contributed by atoms with Crippen molar-refractivity contribution < 1.29 is 5.11 Å². The van der Waals surface area contributed by atoms with Gasteiger partial charge in [-0.15, -0.1) is 0 Å². The summed E-state index contributed by atoms with van der Waals surface area (Å²) in [5.74, 6) is 1.08. The van der Waals surface area contributed by atoms with Crippen LogP contribution in [-0.4, -0.2) is 34.4 Å². The number of hydrogen-bond acceptors (Lipinski definition) is 5. The molecule has 1 unspecified atom stereocenters. The molecule has 2 N–H and O–H groups in total. The number of aliphatic hydroxyl groups is 1. The molecule has 146 valence electrons. The van der Waals surface area contributed by atoms with Crippen molar-refractivity contribution in [2.24, 2.45) is 5.92 Å². The fraction of sp³-hybridized carbons (Fsp3) is 0.364. The van der Waals surface area contributed by atoms with E-state index in [1.165, 1.54) is 5.69 Å². The number of aliphatic hydroxyl groups excluding tert-OH is 1. The Kier molecular flexibility index (Phi) is 5.30. The summed E-state index contributed by atoms with van der Waals surface area (Å²) < 4.78 is 1.75. The van der Waals surface area contributed by atoms with Crippen molar-refractivity contribution >= 4 is 28.1 Å². The molecule has 1 aromatic carbocycles. The maximum atomic E-state index is 12.1. The molecule has 0 aliphatic carbocycles. The second kappa shape index (κ2) is 8.02. The van der Waals surface area contributed by atoms with Crippen molar-refractivity contribution in [3.63, 3.8) is 0 Å². The van der Waals surface area contributed by atoms with Crippen LogP contribution in [0.4, 0.5) is 17.2 Å². The van der Waals surface area contributed by atoms with Crippen LogP contribution in [0.1, 0.15) is 19.8 Å². The van der Waals surface area contributed by atoms with Gasteiger partial charge in [-0.25, -0.2) is 4.98 Å². The number of pyridine rings is 2. The van der Waals surface area contributed by atoms with E-state index in [9.17, 15) is 9.90 Å². The zero-order valence-corrected chi connectivity index (χ0v) is 16.1. The molecule has 1 atom stereocenters. The Morgan fingerprint density at radius 2 is 2.04 bits per heavy atom. The lowest BCUT2D eigenvalue weighted by molar-refractivity contribution is 0.209. The van der Waals surface area contributed by atoms with E-state index in [2.05, 4.69) is 27.3 Å². The maximum Gasteiger partial charge on any atom is 0.251 e. The predicted molar refractivity (Wildman–Crippen MR) is 113 cm³/mol. The zero-order valence-electron chi connectivity index (χ0n) is 16.1. The topological polar surface area (TPSA) is 70.4 Å². The van der Waals surface area contributed by atoms with E-state index in [1.807, 2.05) is 31.2 Å². The second-order valence-electron chi connectivity index (χ2n) is 7.35. The lowest BCUT2D eigenvalue weighted by Crippen LogP contribution is -2.36. The number of rotatable bonds is 5. The molecule has 1 fully saturated rings. The molecule has 0 saturated carbocycles. The molecule has 4 rings (SSSR count). The highest BCUT2D eigenvalue weighted by Gasteiger charge is 2.19. The molecule has 6 heteroatoms. The fourth-order valence-electron chi connectivity index (χ4n) is 3.93. The Balaban J connectivity index is 1.54. The highest BCUT2D eigenvalue weighted by molar-refractivity contribution is 5.81. The van der Waals surface area contributed by atoms with Gasteiger partial charge in [0.15, 0.2) is 0 Å². The summed E-state index contributed by atoms with van der Waals surface area (Å²) >= 11 is 0. The van der Waals surface area contributed by atoms with Gasteiger partial charge >= 0.3 is 0 Å². The number of nitrogens with one attached hydrogen (secondary N) is 1. The number of piperidine rings is 1. The normalized spacial score (nSPS) is 17.1. The van der Waals surface area contributed by atoms with Gasteiger partial charge < -0.3 is 19.9 Å². The quantitative estimate of drug-likeness (QED) is 0.712. The first-order valence-electron chi connectivity index (χ1n) is 9.90. The summed E-state index contributed by atoms with van der Waals surface area (Å²) in [7, 11) is 0. The summed E-state index contributed by atoms with van der Waals surface area (Å²) in [5, 5.41) is 13.7. The van der Waals surface area contributed by atoms with Gasteiger partial charge in [-0.2, -0.15) is 0 Å². The average Bonchev–Trinajstić information content (AvgIpc) is 2.74. The molecular formula is C22H26N4O2. The van der Waals surface area contributed by atoms with Crippen LogP contribution in [0.5, 0.6) is 0 Å². The molecule has 1 saturated heterocycles. The number of benzene rings is 1. The standard InChI is InChI=1S/C22H26N4O2/c1-2-26-20-12-21(23-13-17(20)5-10-22(26)28)24-18-6-8-19(9-7-18)25-11-3-4-16(14-25)15-27/h5-10,12-13,16,27H,2-4,11,14-15H2,1H3,(H,23,24). The van der Waals surface area contributed by atoms with Crippen molar-refractivity contribution in [2.75, 3.05) is 29.9 Å². The summed E-state index contributed by atoms with van der Waals surface area (Å²) in [5.41, 5.74) is 3.01. The molecule has 0 spiro atoms. The number of hydrogen-bond donors (Lipinski definition) is 2. The number of aryl methyl sites for hydroxylation is 1. The fourth-order valence-corrected chi connectivity index (χ4v) is 3.93. The third kappa shape index (κ3) is 3.73. The highest BCUT2D eigenvalue weighted by atomic mass is 16.3.